The fourth-order valence-electron chi connectivity index (χ4n) is 4.21. The third kappa shape index (κ3) is 4.43. The maximum Gasteiger partial charge on any atom is 0.273 e. The molecule has 0 spiro atoms. The quantitative estimate of drug-likeness (QED) is 0.389. The molecule has 1 aromatic heterocycles. The van der Waals surface area contributed by atoms with Crippen LogP contribution in [0, 0.1) is 0 Å². The van der Waals surface area contributed by atoms with Crippen LogP contribution in [0.5, 0.6) is 17.2 Å². The summed E-state index contributed by atoms with van der Waals surface area (Å²) < 4.78 is 11.7. The number of halogens is 1. The maximum absolute atomic E-state index is 13.3. The number of nitrogens with zero attached hydrogens (tertiary/aromatic N) is 2. The molecule has 0 saturated carbocycles. The maximum atomic E-state index is 13.3. The number of benzene rings is 2. The van der Waals surface area contributed by atoms with Crippen LogP contribution in [-0.2, 0) is 0 Å². The molecular weight excluding hydrogens is 458 g/mol. The Balaban J connectivity index is 1.86. The number of carbonyl (C=O) groups is 1. The van der Waals surface area contributed by atoms with Crippen LogP contribution in [0.1, 0.15) is 54.3 Å². The zero-order valence-corrected chi connectivity index (χ0v) is 19.9. The Morgan fingerprint density at radius 2 is 1.97 bits per heavy atom. The number of rotatable bonds is 10. The number of hydrogen-bond acceptors (Lipinski definition) is 6. The molecule has 0 fully saturated rings. The minimum atomic E-state index is -0.499. The van der Waals surface area contributed by atoms with E-state index in [-0.39, 0.29) is 18.3 Å². The van der Waals surface area contributed by atoms with Crippen LogP contribution in [0.4, 0.5) is 0 Å². The van der Waals surface area contributed by atoms with Gasteiger partial charge in [-0.15, -0.1) is 0 Å². The van der Waals surface area contributed by atoms with Gasteiger partial charge in [-0.1, -0.05) is 24.6 Å². The highest BCUT2D eigenvalue weighted by molar-refractivity contribution is 6.31. The molecule has 0 bridgehead atoms. The molecule has 3 N–H and O–H groups in total. The van der Waals surface area contributed by atoms with Crippen molar-refractivity contribution in [1.29, 1.82) is 0 Å². The van der Waals surface area contributed by atoms with Crippen molar-refractivity contribution in [3.05, 3.63) is 58.2 Å². The number of fused-ring (bicyclic) bond motifs is 1. The van der Waals surface area contributed by atoms with Gasteiger partial charge in [0.15, 0.2) is 11.5 Å². The van der Waals surface area contributed by atoms with E-state index in [1.54, 1.807) is 17.0 Å². The number of aromatic nitrogens is 2. The van der Waals surface area contributed by atoms with Crippen molar-refractivity contribution in [3.63, 3.8) is 0 Å². The molecule has 1 amide bonds. The second kappa shape index (κ2) is 10.4. The van der Waals surface area contributed by atoms with Crippen LogP contribution < -0.4 is 9.47 Å². The van der Waals surface area contributed by atoms with Gasteiger partial charge in [-0.2, -0.15) is 5.10 Å². The topological polar surface area (TPSA) is 108 Å². The lowest BCUT2D eigenvalue weighted by Gasteiger charge is -2.27. The lowest BCUT2D eigenvalue weighted by molar-refractivity contribution is 0.0732. The minimum absolute atomic E-state index is 0.0111. The van der Waals surface area contributed by atoms with Crippen molar-refractivity contribution in [2.45, 2.75) is 32.7 Å². The zero-order valence-electron chi connectivity index (χ0n) is 19.2. The van der Waals surface area contributed by atoms with Gasteiger partial charge >= 0.3 is 0 Å². The summed E-state index contributed by atoms with van der Waals surface area (Å²) in [6, 6.07) is 9.84. The Kier molecular flexibility index (Phi) is 7.29. The molecule has 3 aromatic rings. The molecule has 1 aliphatic heterocycles. The first kappa shape index (κ1) is 23.9. The first-order chi connectivity index (χ1) is 16.5. The number of aliphatic hydroxyl groups is 1. The molecule has 8 nitrogen and oxygen atoms in total. The van der Waals surface area contributed by atoms with Gasteiger partial charge in [-0.05, 0) is 55.7 Å². The Hall–Kier alpha value is -3.23. The molecule has 1 aliphatic rings. The minimum Gasteiger partial charge on any atom is -0.507 e. The fourth-order valence-corrected chi connectivity index (χ4v) is 4.38. The van der Waals surface area contributed by atoms with Gasteiger partial charge in [0.25, 0.3) is 5.91 Å². The molecular formula is C25H28ClN3O5. The van der Waals surface area contributed by atoms with Crippen molar-refractivity contribution >= 4 is 17.5 Å². The third-order valence-electron chi connectivity index (χ3n) is 5.68. The first-order valence-corrected chi connectivity index (χ1v) is 11.8. The van der Waals surface area contributed by atoms with Gasteiger partial charge in [-0.3, -0.25) is 9.89 Å². The van der Waals surface area contributed by atoms with E-state index < -0.39 is 6.04 Å². The molecule has 180 valence electrons. The molecule has 0 radical (unpaired) electrons. The van der Waals surface area contributed by atoms with Crippen molar-refractivity contribution in [2.24, 2.45) is 0 Å². The van der Waals surface area contributed by atoms with Crippen LogP contribution in [0.3, 0.4) is 0 Å². The second-order valence-electron chi connectivity index (χ2n) is 7.99. The number of phenols is 1. The van der Waals surface area contributed by atoms with E-state index in [0.29, 0.717) is 65.2 Å². The normalized spacial score (nSPS) is 15.0. The number of aromatic amines is 1. The number of aromatic hydroxyl groups is 1. The van der Waals surface area contributed by atoms with Crippen LogP contribution in [0.2, 0.25) is 5.02 Å². The monoisotopic (exact) mass is 485 g/mol. The van der Waals surface area contributed by atoms with Crippen LogP contribution in [0.15, 0.2) is 36.4 Å². The van der Waals surface area contributed by atoms with E-state index in [2.05, 4.69) is 10.2 Å². The average Bonchev–Trinajstić information content (AvgIpc) is 3.37. The third-order valence-corrected chi connectivity index (χ3v) is 5.91. The van der Waals surface area contributed by atoms with Gasteiger partial charge in [0.2, 0.25) is 0 Å². The van der Waals surface area contributed by atoms with E-state index in [4.69, 9.17) is 21.1 Å². The average molecular weight is 486 g/mol. The lowest BCUT2D eigenvalue weighted by Crippen LogP contribution is -2.31. The Morgan fingerprint density at radius 3 is 2.71 bits per heavy atom. The highest BCUT2D eigenvalue weighted by Crippen LogP contribution is 2.46. The van der Waals surface area contributed by atoms with Crippen LogP contribution in [0.25, 0.3) is 11.3 Å². The Labute approximate surface area is 203 Å². The van der Waals surface area contributed by atoms with Crippen LogP contribution >= 0.6 is 11.6 Å². The zero-order chi connectivity index (χ0) is 24.2. The Morgan fingerprint density at radius 1 is 1.15 bits per heavy atom. The first-order valence-electron chi connectivity index (χ1n) is 11.4. The van der Waals surface area contributed by atoms with Gasteiger partial charge in [0, 0.05) is 29.3 Å². The van der Waals surface area contributed by atoms with E-state index in [9.17, 15) is 15.0 Å². The second-order valence-corrected chi connectivity index (χ2v) is 8.42. The van der Waals surface area contributed by atoms with E-state index in [1.165, 1.54) is 6.07 Å². The van der Waals surface area contributed by atoms with Gasteiger partial charge in [0.05, 0.1) is 19.3 Å². The summed E-state index contributed by atoms with van der Waals surface area (Å²) in [6.07, 6.45) is 1.29. The summed E-state index contributed by atoms with van der Waals surface area (Å²) in [4.78, 5) is 15.0. The molecule has 1 atom stereocenters. The summed E-state index contributed by atoms with van der Waals surface area (Å²) in [6.45, 7) is 5.26. The number of hydrogen-bond donors (Lipinski definition) is 3. The number of amides is 1. The van der Waals surface area contributed by atoms with Crippen molar-refractivity contribution in [1.82, 2.24) is 15.1 Å². The lowest BCUT2D eigenvalue weighted by atomic mass is 9.95. The smallest absolute Gasteiger partial charge is 0.273 e. The molecule has 34 heavy (non-hydrogen) atoms. The molecule has 1 unspecified atom stereocenters. The summed E-state index contributed by atoms with van der Waals surface area (Å²) in [5.74, 6) is 1.01. The fraction of sp³-hybridized carbons (Fsp3) is 0.360. The van der Waals surface area contributed by atoms with Gasteiger partial charge in [0.1, 0.15) is 17.1 Å². The summed E-state index contributed by atoms with van der Waals surface area (Å²) in [5.41, 5.74) is 2.68. The molecule has 0 saturated heterocycles. The molecule has 2 aromatic carbocycles. The van der Waals surface area contributed by atoms with Crippen LogP contribution in [-0.4, -0.2) is 57.6 Å². The molecule has 2 heterocycles. The van der Waals surface area contributed by atoms with E-state index in [1.807, 2.05) is 32.0 Å². The number of carbonyl (C=O) groups excluding carboxylic acids is 1. The number of phenolic OH excluding ortho intramolecular Hbond substituents is 1. The predicted octanol–water partition coefficient (Wildman–Crippen LogP) is 4.55. The summed E-state index contributed by atoms with van der Waals surface area (Å²) >= 11 is 6.19. The van der Waals surface area contributed by atoms with Crippen molar-refractivity contribution in [3.8, 4) is 28.5 Å². The number of aliphatic hydroxyl groups excluding tert-OH is 1. The van der Waals surface area contributed by atoms with E-state index >= 15 is 0 Å². The molecule has 9 heteroatoms. The van der Waals surface area contributed by atoms with Gasteiger partial charge in [-0.25, -0.2) is 0 Å². The molecule has 4 rings (SSSR count). The highest BCUT2D eigenvalue weighted by Gasteiger charge is 2.42. The number of nitrogens with one attached hydrogen (secondary N) is 1. The van der Waals surface area contributed by atoms with E-state index in [0.717, 1.165) is 12.0 Å². The molecule has 0 aliphatic carbocycles. The number of ether oxygens (including phenoxy) is 2. The highest BCUT2D eigenvalue weighted by atomic mass is 35.5. The predicted molar refractivity (Wildman–Crippen MR) is 129 cm³/mol. The summed E-state index contributed by atoms with van der Waals surface area (Å²) in [7, 11) is 0. The summed E-state index contributed by atoms with van der Waals surface area (Å²) in [5, 5.41) is 27.6. The van der Waals surface area contributed by atoms with Gasteiger partial charge < -0.3 is 24.6 Å². The van der Waals surface area contributed by atoms with Crippen molar-refractivity contribution in [2.75, 3.05) is 26.4 Å². The largest absolute Gasteiger partial charge is 0.507 e. The Bertz CT molecular complexity index is 1180. The SMILES string of the molecule is CCCOc1ccc(C2c3c(-c4cc(Cl)ccc4O)n[nH]c3C(=O)N2CCCO)cc1OCC. The van der Waals surface area contributed by atoms with Crippen molar-refractivity contribution < 1.29 is 24.5 Å². The number of H-pyrrole nitrogens is 1. The standard InChI is InChI=1S/C25H28ClN3O5/c1-3-12-34-19-9-6-15(13-20(19)33-4-2)24-21-22(17-14-16(26)7-8-18(17)31)27-28-23(21)25(32)29(24)10-5-11-30/h6-9,13-14,24,30-31H,3-5,10-12H2,1-2H3,(H,27,28).